The first-order valence-corrected chi connectivity index (χ1v) is 8.97. The molecule has 0 fully saturated rings. The van der Waals surface area contributed by atoms with E-state index in [0.29, 0.717) is 11.7 Å². The number of benzene rings is 3. The van der Waals surface area contributed by atoms with Crippen molar-refractivity contribution < 1.29 is 0 Å². The molecule has 3 nitrogen and oxygen atoms in total. The minimum absolute atomic E-state index is 0.666. The fourth-order valence-corrected chi connectivity index (χ4v) is 3.35. The zero-order valence-electron chi connectivity index (χ0n) is 14.2. The number of hydrogen-bond donors (Lipinski definition) is 2. The van der Waals surface area contributed by atoms with Crippen molar-refractivity contribution in [1.82, 2.24) is 10.3 Å². The number of nitrogens with one attached hydrogen (secondary N) is 2. The van der Waals surface area contributed by atoms with E-state index in [4.69, 9.17) is 12.2 Å². The molecule has 2 N–H and O–H groups in total. The van der Waals surface area contributed by atoms with Gasteiger partial charge in [-0.1, -0.05) is 54.6 Å². The molecule has 0 aliphatic carbocycles. The summed E-state index contributed by atoms with van der Waals surface area (Å²) in [5.41, 5.74) is 4.41. The largest absolute Gasteiger partial charge is 0.361 e. The molecule has 4 heteroatoms. The lowest BCUT2D eigenvalue weighted by Gasteiger charge is -2.26. The quantitative estimate of drug-likeness (QED) is 0.481. The highest BCUT2D eigenvalue weighted by molar-refractivity contribution is 7.80. The van der Waals surface area contributed by atoms with E-state index in [1.54, 1.807) is 0 Å². The zero-order valence-corrected chi connectivity index (χ0v) is 15.0. The first-order valence-electron chi connectivity index (χ1n) is 8.56. The van der Waals surface area contributed by atoms with Crippen LogP contribution in [0.25, 0.3) is 10.9 Å². The third kappa shape index (κ3) is 3.32. The van der Waals surface area contributed by atoms with Crippen LogP contribution in [-0.4, -0.2) is 10.1 Å². The lowest BCUT2D eigenvalue weighted by atomic mass is 10.2. The summed E-state index contributed by atoms with van der Waals surface area (Å²) < 4.78 is 0. The molecular formula is C22H19N3S. The minimum Gasteiger partial charge on any atom is -0.361 e. The summed E-state index contributed by atoms with van der Waals surface area (Å²) in [4.78, 5) is 5.37. The number of para-hydroxylation sites is 3. The van der Waals surface area contributed by atoms with Crippen LogP contribution in [0.4, 0.5) is 11.4 Å². The molecular weight excluding hydrogens is 338 g/mol. The number of nitrogens with zero attached hydrogens (tertiary/aromatic N) is 1. The third-order valence-electron chi connectivity index (χ3n) is 4.34. The highest BCUT2D eigenvalue weighted by Gasteiger charge is 2.14. The first kappa shape index (κ1) is 16.4. The molecule has 0 saturated carbocycles. The summed E-state index contributed by atoms with van der Waals surface area (Å²) in [6.07, 6.45) is 2.04. The van der Waals surface area contributed by atoms with Gasteiger partial charge in [0.05, 0.1) is 0 Å². The van der Waals surface area contributed by atoms with Gasteiger partial charge in [-0.3, -0.25) is 4.90 Å². The number of aromatic amines is 1. The molecule has 1 heterocycles. The van der Waals surface area contributed by atoms with Gasteiger partial charge in [0.25, 0.3) is 0 Å². The summed E-state index contributed by atoms with van der Waals surface area (Å²) in [5, 5.41) is 5.30. The molecule has 3 aromatic carbocycles. The van der Waals surface area contributed by atoms with E-state index in [-0.39, 0.29) is 0 Å². The molecule has 4 rings (SSSR count). The Labute approximate surface area is 158 Å². The van der Waals surface area contributed by atoms with Crippen LogP contribution in [0, 0.1) is 0 Å². The van der Waals surface area contributed by atoms with Crippen molar-refractivity contribution in [2.45, 2.75) is 6.54 Å². The second-order valence-corrected chi connectivity index (χ2v) is 6.41. The molecule has 0 spiro atoms. The van der Waals surface area contributed by atoms with Gasteiger partial charge in [0.2, 0.25) is 0 Å². The maximum absolute atomic E-state index is 5.74. The Hall–Kier alpha value is -3.11. The Morgan fingerprint density at radius 2 is 1.38 bits per heavy atom. The van der Waals surface area contributed by atoms with Crippen molar-refractivity contribution in [3.05, 3.63) is 96.7 Å². The Morgan fingerprint density at radius 3 is 2.04 bits per heavy atom. The van der Waals surface area contributed by atoms with E-state index >= 15 is 0 Å². The zero-order chi connectivity index (χ0) is 17.8. The Morgan fingerprint density at radius 1 is 0.808 bits per heavy atom. The number of H-pyrrole nitrogens is 1. The average Bonchev–Trinajstić information content (AvgIpc) is 3.11. The monoisotopic (exact) mass is 357 g/mol. The number of aromatic nitrogens is 1. The molecule has 4 aromatic rings. The van der Waals surface area contributed by atoms with E-state index in [1.165, 1.54) is 10.9 Å². The van der Waals surface area contributed by atoms with Gasteiger partial charge >= 0.3 is 0 Å². The fraction of sp³-hybridized carbons (Fsp3) is 0.0455. The van der Waals surface area contributed by atoms with Crippen molar-refractivity contribution in [3.8, 4) is 0 Å². The molecule has 0 atom stereocenters. The fourth-order valence-electron chi connectivity index (χ4n) is 3.07. The topological polar surface area (TPSA) is 31.1 Å². The summed E-state index contributed by atoms with van der Waals surface area (Å²) in [6, 6.07) is 28.6. The number of fused-ring (bicyclic) bond motifs is 1. The molecule has 0 radical (unpaired) electrons. The summed E-state index contributed by atoms with van der Waals surface area (Å²) in [7, 11) is 0. The van der Waals surface area contributed by atoms with Gasteiger partial charge in [0.15, 0.2) is 5.11 Å². The number of thiocarbonyl (C=S) groups is 1. The maximum atomic E-state index is 5.74. The van der Waals surface area contributed by atoms with Gasteiger partial charge in [-0.25, -0.2) is 0 Å². The predicted octanol–water partition coefficient (Wildman–Crippen LogP) is 5.38. The van der Waals surface area contributed by atoms with Gasteiger partial charge in [-0.15, -0.1) is 0 Å². The third-order valence-corrected chi connectivity index (χ3v) is 4.66. The molecule has 0 unspecified atom stereocenters. The summed E-state index contributed by atoms with van der Waals surface area (Å²) in [5.74, 6) is 0. The average molecular weight is 357 g/mol. The van der Waals surface area contributed by atoms with Crippen LogP contribution < -0.4 is 10.2 Å². The second-order valence-electron chi connectivity index (χ2n) is 6.02. The standard InChI is InChI=1S/C22H19N3S/c26-22(24-16-17-15-23-21-14-8-7-13-20(17)21)25(18-9-3-1-4-10-18)19-11-5-2-6-12-19/h1-15,23H,16H2,(H,24,26). The van der Waals surface area contributed by atoms with Crippen molar-refractivity contribution in [2.75, 3.05) is 4.90 Å². The van der Waals surface area contributed by atoms with Crippen LogP contribution in [-0.2, 0) is 6.54 Å². The van der Waals surface area contributed by atoms with E-state index in [1.807, 2.05) is 48.7 Å². The first-order chi connectivity index (χ1) is 12.8. The molecule has 26 heavy (non-hydrogen) atoms. The molecule has 1 aromatic heterocycles. The number of hydrogen-bond acceptors (Lipinski definition) is 1. The lowest BCUT2D eigenvalue weighted by molar-refractivity contribution is 0.921. The van der Waals surface area contributed by atoms with E-state index in [0.717, 1.165) is 16.9 Å². The van der Waals surface area contributed by atoms with Gasteiger partial charge in [0, 0.05) is 35.0 Å². The molecule has 128 valence electrons. The van der Waals surface area contributed by atoms with Crippen LogP contribution >= 0.6 is 12.2 Å². The van der Waals surface area contributed by atoms with E-state index in [9.17, 15) is 0 Å². The van der Waals surface area contributed by atoms with Gasteiger partial charge in [-0.05, 0) is 48.1 Å². The molecule has 0 amide bonds. The Kier molecular flexibility index (Phi) is 4.67. The van der Waals surface area contributed by atoms with Gasteiger partial charge < -0.3 is 10.3 Å². The van der Waals surface area contributed by atoms with Gasteiger partial charge in [0.1, 0.15) is 0 Å². The maximum Gasteiger partial charge on any atom is 0.178 e. The SMILES string of the molecule is S=C(NCc1c[nH]c2ccccc12)N(c1ccccc1)c1ccccc1. The highest BCUT2D eigenvalue weighted by Crippen LogP contribution is 2.25. The number of anilines is 2. The molecule has 0 aliphatic rings. The van der Waals surface area contributed by atoms with E-state index in [2.05, 4.69) is 57.7 Å². The lowest BCUT2D eigenvalue weighted by Crippen LogP contribution is -2.36. The van der Waals surface area contributed by atoms with Crippen LogP contribution in [0.1, 0.15) is 5.56 Å². The van der Waals surface area contributed by atoms with Crippen molar-refractivity contribution in [2.24, 2.45) is 0 Å². The Balaban J connectivity index is 1.59. The summed E-state index contributed by atoms with van der Waals surface area (Å²) >= 11 is 5.74. The number of rotatable bonds is 4. The second kappa shape index (κ2) is 7.42. The predicted molar refractivity (Wildman–Crippen MR) is 113 cm³/mol. The van der Waals surface area contributed by atoms with Crippen LogP contribution in [0.2, 0.25) is 0 Å². The van der Waals surface area contributed by atoms with Crippen molar-refractivity contribution >= 4 is 39.6 Å². The van der Waals surface area contributed by atoms with Gasteiger partial charge in [-0.2, -0.15) is 0 Å². The van der Waals surface area contributed by atoms with E-state index < -0.39 is 0 Å². The molecule has 0 bridgehead atoms. The summed E-state index contributed by atoms with van der Waals surface area (Å²) in [6.45, 7) is 0.666. The van der Waals surface area contributed by atoms with Crippen LogP contribution in [0.3, 0.4) is 0 Å². The normalized spacial score (nSPS) is 10.6. The van der Waals surface area contributed by atoms with Crippen LogP contribution in [0.5, 0.6) is 0 Å². The molecule has 0 aliphatic heterocycles. The van der Waals surface area contributed by atoms with Crippen molar-refractivity contribution in [3.63, 3.8) is 0 Å². The Bertz CT molecular complexity index is 970. The van der Waals surface area contributed by atoms with Crippen LogP contribution in [0.15, 0.2) is 91.1 Å². The minimum atomic E-state index is 0.666. The highest BCUT2D eigenvalue weighted by atomic mass is 32.1. The van der Waals surface area contributed by atoms with Crippen molar-refractivity contribution in [1.29, 1.82) is 0 Å². The molecule has 0 saturated heterocycles. The smallest absolute Gasteiger partial charge is 0.178 e.